The summed E-state index contributed by atoms with van der Waals surface area (Å²) in [6.45, 7) is 6.68. The Bertz CT molecular complexity index is 672. The van der Waals surface area contributed by atoms with E-state index in [0.717, 1.165) is 18.4 Å². The Morgan fingerprint density at radius 3 is 2.48 bits per heavy atom. The molecule has 27 heavy (non-hydrogen) atoms. The molecule has 2 aliphatic heterocycles. The minimum Gasteiger partial charge on any atom is -0.371 e. The van der Waals surface area contributed by atoms with Crippen molar-refractivity contribution in [3.63, 3.8) is 0 Å². The van der Waals surface area contributed by atoms with Gasteiger partial charge in [0, 0.05) is 26.1 Å². The molecule has 2 fully saturated rings. The first kappa shape index (κ1) is 19.6. The number of hydrogen-bond donors (Lipinski definition) is 1. The zero-order valence-corrected chi connectivity index (χ0v) is 16.0. The van der Waals surface area contributed by atoms with Gasteiger partial charge in [0.25, 0.3) is 0 Å². The highest BCUT2D eigenvalue weighted by molar-refractivity contribution is 5.76. The SMILES string of the molecule is CCC(=O)N1CCC2(CC1)CN(C(=O)N[C@@H](C)c1ccc(F)cc1)CCO2. The summed E-state index contributed by atoms with van der Waals surface area (Å²) < 4.78 is 19.1. The number of halogens is 1. The average molecular weight is 377 g/mol. The van der Waals surface area contributed by atoms with Crippen LogP contribution in [0, 0.1) is 5.82 Å². The molecule has 7 heteroatoms. The summed E-state index contributed by atoms with van der Waals surface area (Å²) in [4.78, 5) is 28.3. The normalized spacial score (nSPS) is 20.4. The second-order valence-corrected chi connectivity index (χ2v) is 7.41. The zero-order chi connectivity index (χ0) is 19.4. The van der Waals surface area contributed by atoms with Gasteiger partial charge in [0.05, 0.1) is 24.8 Å². The van der Waals surface area contributed by atoms with Crippen LogP contribution in [0.5, 0.6) is 0 Å². The van der Waals surface area contributed by atoms with Crippen molar-refractivity contribution >= 4 is 11.9 Å². The highest BCUT2D eigenvalue weighted by atomic mass is 19.1. The lowest BCUT2D eigenvalue weighted by atomic mass is 9.89. The maximum atomic E-state index is 13.1. The third kappa shape index (κ3) is 4.58. The third-order valence-electron chi connectivity index (χ3n) is 5.58. The van der Waals surface area contributed by atoms with E-state index in [0.29, 0.717) is 39.2 Å². The topological polar surface area (TPSA) is 61.9 Å². The Hall–Kier alpha value is -2.15. The summed E-state index contributed by atoms with van der Waals surface area (Å²) in [5.74, 6) is -0.122. The Labute approximate surface area is 159 Å². The van der Waals surface area contributed by atoms with Gasteiger partial charge in [-0.3, -0.25) is 4.79 Å². The van der Waals surface area contributed by atoms with E-state index in [2.05, 4.69) is 5.32 Å². The van der Waals surface area contributed by atoms with Crippen molar-refractivity contribution in [3.05, 3.63) is 35.6 Å². The van der Waals surface area contributed by atoms with Crippen LogP contribution >= 0.6 is 0 Å². The van der Waals surface area contributed by atoms with Crippen LogP contribution in [0.25, 0.3) is 0 Å². The van der Waals surface area contributed by atoms with Crippen molar-refractivity contribution in [1.29, 1.82) is 0 Å². The monoisotopic (exact) mass is 377 g/mol. The van der Waals surface area contributed by atoms with Crippen LogP contribution in [0.1, 0.15) is 44.7 Å². The molecule has 0 bridgehead atoms. The predicted molar refractivity (Wildman–Crippen MR) is 99.7 cm³/mol. The average Bonchev–Trinajstić information content (AvgIpc) is 2.68. The fraction of sp³-hybridized carbons (Fsp3) is 0.600. The van der Waals surface area contributed by atoms with Gasteiger partial charge >= 0.3 is 6.03 Å². The van der Waals surface area contributed by atoms with Crippen LogP contribution in [-0.4, -0.2) is 60.1 Å². The molecule has 2 aliphatic rings. The summed E-state index contributed by atoms with van der Waals surface area (Å²) in [6.07, 6.45) is 2.01. The Balaban J connectivity index is 1.57. The van der Waals surface area contributed by atoms with Gasteiger partial charge in [0.15, 0.2) is 0 Å². The molecule has 1 N–H and O–H groups in total. The number of rotatable bonds is 3. The van der Waals surface area contributed by atoms with Crippen molar-refractivity contribution in [1.82, 2.24) is 15.1 Å². The highest BCUT2D eigenvalue weighted by Crippen LogP contribution is 2.30. The first-order chi connectivity index (χ1) is 12.9. The van der Waals surface area contributed by atoms with Crippen molar-refractivity contribution in [3.8, 4) is 0 Å². The molecule has 1 spiro atoms. The molecule has 2 heterocycles. The number of morpholine rings is 1. The number of carbonyl (C=O) groups excluding carboxylic acids is 2. The zero-order valence-electron chi connectivity index (χ0n) is 16.0. The summed E-state index contributed by atoms with van der Waals surface area (Å²) >= 11 is 0. The molecule has 1 aromatic carbocycles. The predicted octanol–water partition coefficient (Wildman–Crippen LogP) is 2.70. The summed E-state index contributed by atoms with van der Waals surface area (Å²) in [7, 11) is 0. The van der Waals surface area contributed by atoms with E-state index >= 15 is 0 Å². The molecule has 3 amide bonds. The van der Waals surface area contributed by atoms with Crippen LogP contribution in [0.2, 0.25) is 0 Å². The Morgan fingerprint density at radius 2 is 1.85 bits per heavy atom. The number of hydrogen-bond acceptors (Lipinski definition) is 3. The van der Waals surface area contributed by atoms with Gasteiger partial charge < -0.3 is 19.9 Å². The highest BCUT2D eigenvalue weighted by Gasteiger charge is 2.41. The lowest BCUT2D eigenvalue weighted by Crippen LogP contribution is -2.60. The number of urea groups is 1. The number of likely N-dealkylation sites (tertiary alicyclic amines) is 1. The van der Waals surface area contributed by atoms with E-state index < -0.39 is 0 Å². The van der Waals surface area contributed by atoms with Gasteiger partial charge in [0.1, 0.15) is 5.82 Å². The number of nitrogens with one attached hydrogen (secondary N) is 1. The third-order valence-corrected chi connectivity index (χ3v) is 5.58. The standard InChI is InChI=1S/C20H28FN3O3/c1-3-18(25)23-10-8-20(9-11-23)14-24(12-13-27-20)19(26)22-15(2)16-4-6-17(21)7-5-16/h4-7,15H,3,8-14H2,1-2H3,(H,22,26)/t15-/m0/s1. The van der Waals surface area contributed by atoms with E-state index in [4.69, 9.17) is 4.74 Å². The molecule has 0 saturated carbocycles. The van der Waals surface area contributed by atoms with Gasteiger partial charge in [-0.15, -0.1) is 0 Å². The molecule has 2 saturated heterocycles. The summed E-state index contributed by atoms with van der Waals surface area (Å²) in [5.41, 5.74) is 0.498. The largest absolute Gasteiger partial charge is 0.371 e. The Morgan fingerprint density at radius 1 is 1.19 bits per heavy atom. The van der Waals surface area contributed by atoms with Crippen LogP contribution in [0.4, 0.5) is 9.18 Å². The molecule has 0 unspecified atom stereocenters. The van der Waals surface area contributed by atoms with Crippen molar-refractivity contribution < 1.29 is 18.7 Å². The molecular weight excluding hydrogens is 349 g/mol. The maximum absolute atomic E-state index is 13.1. The second kappa shape index (κ2) is 8.25. The lowest BCUT2D eigenvalue weighted by Gasteiger charge is -2.47. The van der Waals surface area contributed by atoms with E-state index in [-0.39, 0.29) is 29.4 Å². The number of ether oxygens (including phenoxy) is 1. The minimum absolute atomic E-state index is 0.137. The fourth-order valence-electron chi connectivity index (χ4n) is 3.82. The van der Waals surface area contributed by atoms with Crippen LogP contribution in [0.15, 0.2) is 24.3 Å². The van der Waals surface area contributed by atoms with Crippen LogP contribution < -0.4 is 5.32 Å². The second-order valence-electron chi connectivity index (χ2n) is 7.41. The summed E-state index contributed by atoms with van der Waals surface area (Å²) in [5, 5.41) is 2.99. The summed E-state index contributed by atoms with van der Waals surface area (Å²) in [6, 6.07) is 5.81. The number of nitrogens with zero attached hydrogens (tertiary/aromatic N) is 2. The molecule has 0 aliphatic carbocycles. The van der Waals surface area contributed by atoms with E-state index in [9.17, 15) is 14.0 Å². The molecule has 0 aromatic heterocycles. The van der Waals surface area contributed by atoms with E-state index in [1.807, 2.05) is 18.7 Å². The molecule has 6 nitrogen and oxygen atoms in total. The van der Waals surface area contributed by atoms with Gasteiger partial charge in [-0.25, -0.2) is 9.18 Å². The number of amides is 3. The molecule has 1 atom stereocenters. The van der Waals surface area contributed by atoms with E-state index in [1.54, 1.807) is 17.0 Å². The minimum atomic E-state index is -0.362. The van der Waals surface area contributed by atoms with E-state index in [1.165, 1.54) is 12.1 Å². The molecule has 148 valence electrons. The number of piperidine rings is 1. The van der Waals surface area contributed by atoms with Gasteiger partial charge in [-0.05, 0) is 37.5 Å². The smallest absolute Gasteiger partial charge is 0.318 e. The van der Waals surface area contributed by atoms with Gasteiger partial charge in [0.2, 0.25) is 5.91 Å². The number of benzene rings is 1. The van der Waals surface area contributed by atoms with Crippen LogP contribution in [0.3, 0.4) is 0 Å². The van der Waals surface area contributed by atoms with Crippen molar-refractivity contribution in [2.24, 2.45) is 0 Å². The number of carbonyl (C=O) groups is 2. The first-order valence-electron chi connectivity index (χ1n) is 9.65. The molecule has 3 rings (SSSR count). The van der Waals surface area contributed by atoms with Gasteiger partial charge in [-0.1, -0.05) is 19.1 Å². The quantitative estimate of drug-likeness (QED) is 0.881. The fourth-order valence-corrected chi connectivity index (χ4v) is 3.82. The maximum Gasteiger partial charge on any atom is 0.318 e. The Kier molecular flexibility index (Phi) is 5.99. The van der Waals surface area contributed by atoms with Crippen LogP contribution in [-0.2, 0) is 9.53 Å². The van der Waals surface area contributed by atoms with Crippen molar-refractivity contribution in [2.75, 3.05) is 32.8 Å². The lowest BCUT2D eigenvalue weighted by molar-refractivity contribution is -0.146. The molecule has 1 aromatic rings. The van der Waals surface area contributed by atoms with Crippen molar-refractivity contribution in [2.45, 2.75) is 44.8 Å². The first-order valence-corrected chi connectivity index (χ1v) is 9.65. The molecule has 0 radical (unpaired) electrons. The molecular formula is C20H28FN3O3. The van der Waals surface area contributed by atoms with Gasteiger partial charge in [-0.2, -0.15) is 0 Å².